The van der Waals surface area contributed by atoms with E-state index in [0.29, 0.717) is 0 Å². The number of likely N-dealkylation sites (tertiary alicyclic amines) is 1. The average Bonchev–Trinajstić information content (AvgIpc) is 3.17. The minimum Gasteiger partial charge on any atom is -0.311 e. The highest BCUT2D eigenvalue weighted by Gasteiger charge is 2.42. The summed E-state index contributed by atoms with van der Waals surface area (Å²) in [5, 5.41) is 4.01. The Hall–Kier alpha value is -0.0800. The molecule has 3 aliphatic rings. The summed E-state index contributed by atoms with van der Waals surface area (Å²) in [5.41, 5.74) is 0. The van der Waals surface area contributed by atoms with Crippen LogP contribution in [0.15, 0.2) is 0 Å². The lowest BCUT2D eigenvalue weighted by molar-refractivity contribution is 0.178. The minimum absolute atomic E-state index is 0.745. The molecule has 1 heterocycles. The Kier molecular flexibility index (Phi) is 3.45. The van der Waals surface area contributed by atoms with Gasteiger partial charge in [0.05, 0.1) is 0 Å². The van der Waals surface area contributed by atoms with Crippen LogP contribution in [0, 0.1) is 17.8 Å². The van der Waals surface area contributed by atoms with Crippen LogP contribution < -0.4 is 5.32 Å². The predicted molar refractivity (Wildman–Crippen MR) is 72.1 cm³/mol. The Labute approximate surface area is 106 Å². The van der Waals surface area contributed by atoms with Gasteiger partial charge < -0.3 is 10.2 Å². The summed E-state index contributed by atoms with van der Waals surface area (Å²) >= 11 is 0. The van der Waals surface area contributed by atoms with Crippen molar-refractivity contribution in [2.45, 2.75) is 57.5 Å². The third-order valence-electron chi connectivity index (χ3n) is 5.19. The van der Waals surface area contributed by atoms with Crippen LogP contribution in [-0.2, 0) is 0 Å². The van der Waals surface area contributed by atoms with Gasteiger partial charge in [-0.05, 0) is 83.3 Å². The van der Waals surface area contributed by atoms with Gasteiger partial charge in [-0.3, -0.25) is 0 Å². The topological polar surface area (TPSA) is 15.3 Å². The lowest BCUT2D eigenvalue weighted by Crippen LogP contribution is -2.46. The van der Waals surface area contributed by atoms with Crippen molar-refractivity contribution >= 4 is 0 Å². The van der Waals surface area contributed by atoms with Crippen molar-refractivity contribution in [1.29, 1.82) is 0 Å². The minimum atomic E-state index is 0.745. The molecule has 0 bridgehead atoms. The summed E-state index contributed by atoms with van der Waals surface area (Å²) in [6.07, 6.45) is 8.77. The van der Waals surface area contributed by atoms with E-state index in [-0.39, 0.29) is 0 Å². The van der Waals surface area contributed by atoms with Crippen molar-refractivity contribution in [3.63, 3.8) is 0 Å². The Morgan fingerprint density at radius 3 is 1.88 bits per heavy atom. The summed E-state index contributed by atoms with van der Waals surface area (Å²) in [7, 11) is 2.26. The molecule has 98 valence electrons. The smallest absolute Gasteiger partial charge is 0.0126 e. The van der Waals surface area contributed by atoms with Gasteiger partial charge in [0.2, 0.25) is 0 Å². The average molecular weight is 236 g/mol. The monoisotopic (exact) mass is 236 g/mol. The molecule has 1 unspecified atom stereocenters. The molecular formula is C15H28N2. The number of nitrogens with one attached hydrogen (secondary N) is 1. The number of nitrogens with zero attached hydrogens (tertiary/aromatic N) is 1. The standard InChI is InChI=1S/C15H28N2/c1-11(12-7-9-17(2)10-8-12)16-15(13-3-4-13)14-5-6-14/h11-16H,3-10H2,1-2H3. The second-order valence-corrected chi connectivity index (χ2v) is 6.80. The zero-order chi connectivity index (χ0) is 11.8. The predicted octanol–water partition coefficient (Wildman–Crippen LogP) is 2.49. The Bertz CT molecular complexity index is 238. The quantitative estimate of drug-likeness (QED) is 0.789. The molecule has 0 spiro atoms. The summed E-state index contributed by atoms with van der Waals surface area (Å²) < 4.78 is 0. The van der Waals surface area contributed by atoms with Gasteiger partial charge in [0.1, 0.15) is 0 Å². The van der Waals surface area contributed by atoms with Gasteiger partial charge in [-0.2, -0.15) is 0 Å². The Morgan fingerprint density at radius 2 is 1.41 bits per heavy atom. The lowest BCUT2D eigenvalue weighted by atomic mass is 9.89. The second-order valence-electron chi connectivity index (χ2n) is 6.80. The first kappa shape index (κ1) is 12.0. The molecule has 0 amide bonds. The van der Waals surface area contributed by atoms with E-state index in [4.69, 9.17) is 0 Å². The fourth-order valence-corrected chi connectivity index (χ4v) is 3.54. The van der Waals surface area contributed by atoms with E-state index in [1.54, 1.807) is 0 Å². The van der Waals surface area contributed by atoms with E-state index in [9.17, 15) is 0 Å². The van der Waals surface area contributed by atoms with E-state index in [1.165, 1.54) is 51.6 Å². The number of rotatable bonds is 5. The SMILES string of the molecule is CC(NC(C1CC1)C1CC1)C1CCN(C)CC1. The summed E-state index contributed by atoms with van der Waals surface area (Å²) in [4.78, 5) is 2.47. The summed E-state index contributed by atoms with van der Waals surface area (Å²) in [6, 6.07) is 1.62. The van der Waals surface area contributed by atoms with Gasteiger partial charge in [0.25, 0.3) is 0 Å². The second kappa shape index (κ2) is 4.89. The zero-order valence-corrected chi connectivity index (χ0v) is 11.5. The molecule has 0 radical (unpaired) electrons. The zero-order valence-electron chi connectivity index (χ0n) is 11.5. The molecule has 17 heavy (non-hydrogen) atoms. The van der Waals surface area contributed by atoms with Crippen LogP contribution in [0.5, 0.6) is 0 Å². The van der Waals surface area contributed by atoms with Crippen LogP contribution in [0.2, 0.25) is 0 Å². The van der Waals surface area contributed by atoms with Crippen molar-refractivity contribution in [3.8, 4) is 0 Å². The molecule has 2 heteroatoms. The maximum absolute atomic E-state index is 4.01. The van der Waals surface area contributed by atoms with Crippen LogP contribution in [0.3, 0.4) is 0 Å². The first-order valence-electron chi connectivity index (χ1n) is 7.68. The van der Waals surface area contributed by atoms with Crippen LogP contribution in [-0.4, -0.2) is 37.1 Å². The van der Waals surface area contributed by atoms with E-state index >= 15 is 0 Å². The molecule has 1 N–H and O–H groups in total. The first-order valence-corrected chi connectivity index (χ1v) is 7.68. The van der Waals surface area contributed by atoms with Crippen LogP contribution in [0.4, 0.5) is 0 Å². The molecular weight excluding hydrogens is 208 g/mol. The van der Waals surface area contributed by atoms with E-state index < -0.39 is 0 Å². The van der Waals surface area contributed by atoms with E-state index in [1.807, 2.05) is 0 Å². The van der Waals surface area contributed by atoms with Gasteiger partial charge in [-0.1, -0.05) is 0 Å². The molecule has 1 atom stereocenters. The van der Waals surface area contributed by atoms with Gasteiger partial charge in [-0.15, -0.1) is 0 Å². The fraction of sp³-hybridized carbons (Fsp3) is 1.00. The van der Waals surface area contributed by atoms with Crippen molar-refractivity contribution in [1.82, 2.24) is 10.2 Å². The highest BCUT2D eigenvalue weighted by molar-refractivity contribution is 4.98. The van der Waals surface area contributed by atoms with Crippen molar-refractivity contribution in [2.75, 3.05) is 20.1 Å². The summed E-state index contributed by atoms with van der Waals surface area (Å²) in [6.45, 7) is 5.04. The fourth-order valence-electron chi connectivity index (χ4n) is 3.54. The third-order valence-corrected chi connectivity index (χ3v) is 5.19. The Morgan fingerprint density at radius 1 is 0.882 bits per heavy atom. The number of hydrogen-bond acceptors (Lipinski definition) is 2. The first-order chi connectivity index (χ1) is 8.24. The van der Waals surface area contributed by atoms with Crippen molar-refractivity contribution in [2.24, 2.45) is 17.8 Å². The largest absolute Gasteiger partial charge is 0.311 e. The lowest BCUT2D eigenvalue weighted by Gasteiger charge is -2.35. The molecule has 3 rings (SSSR count). The third kappa shape index (κ3) is 3.03. The van der Waals surface area contributed by atoms with E-state index in [2.05, 4.69) is 24.2 Å². The van der Waals surface area contributed by atoms with Crippen molar-refractivity contribution in [3.05, 3.63) is 0 Å². The van der Waals surface area contributed by atoms with Crippen molar-refractivity contribution < 1.29 is 0 Å². The van der Waals surface area contributed by atoms with Crippen LogP contribution >= 0.6 is 0 Å². The number of hydrogen-bond donors (Lipinski definition) is 1. The molecule has 0 aromatic carbocycles. The molecule has 1 aliphatic heterocycles. The van der Waals surface area contributed by atoms with Gasteiger partial charge in [-0.25, -0.2) is 0 Å². The van der Waals surface area contributed by atoms with Crippen LogP contribution in [0.25, 0.3) is 0 Å². The maximum atomic E-state index is 4.01. The van der Waals surface area contributed by atoms with Gasteiger partial charge in [0, 0.05) is 12.1 Å². The molecule has 0 aromatic heterocycles. The highest BCUT2D eigenvalue weighted by atomic mass is 15.1. The molecule has 2 saturated carbocycles. The molecule has 2 aliphatic carbocycles. The molecule has 0 aromatic rings. The number of piperidine rings is 1. The molecule has 1 saturated heterocycles. The molecule has 3 fully saturated rings. The normalized spacial score (nSPS) is 29.8. The summed E-state index contributed by atoms with van der Waals surface area (Å²) in [5.74, 6) is 3.00. The highest BCUT2D eigenvalue weighted by Crippen LogP contribution is 2.45. The van der Waals surface area contributed by atoms with Gasteiger partial charge >= 0.3 is 0 Å². The Balaban J connectivity index is 1.49. The van der Waals surface area contributed by atoms with E-state index in [0.717, 1.165) is 29.8 Å². The van der Waals surface area contributed by atoms with Gasteiger partial charge in [0.15, 0.2) is 0 Å². The van der Waals surface area contributed by atoms with Crippen LogP contribution in [0.1, 0.15) is 45.4 Å². The molecule has 2 nitrogen and oxygen atoms in total. The maximum Gasteiger partial charge on any atom is 0.0126 e.